The summed E-state index contributed by atoms with van der Waals surface area (Å²) < 4.78 is 11.1. The normalized spacial score (nSPS) is 17.9. The Labute approximate surface area is 126 Å². The molecule has 1 aliphatic carbocycles. The molecule has 0 bridgehead atoms. The lowest BCUT2D eigenvalue weighted by atomic mass is 9.91. The number of hydrogen-bond donors (Lipinski definition) is 0. The van der Waals surface area contributed by atoms with E-state index in [0.717, 1.165) is 29.3 Å². The minimum Gasteiger partial charge on any atom is -0.497 e. The zero-order chi connectivity index (χ0) is 15.1. The number of hydrogen-bond acceptors (Lipinski definition) is 2. The van der Waals surface area contributed by atoms with E-state index in [1.165, 1.54) is 0 Å². The average Bonchev–Trinajstić information content (AvgIpc) is 2.56. The Bertz CT molecular complexity index is 588. The second-order valence-corrected chi connectivity index (χ2v) is 4.66. The second-order valence-electron chi connectivity index (χ2n) is 4.66. The van der Waals surface area contributed by atoms with Crippen LogP contribution in [0.4, 0.5) is 0 Å². The fraction of sp³-hybridized carbons (Fsp3) is 0.158. The lowest BCUT2D eigenvalue weighted by Crippen LogP contribution is -2.06. The van der Waals surface area contributed by atoms with Crippen molar-refractivity contribution in [3.63, 3.8) is 0 Å². The van der Waals surface area contributed by atoms with Crippen LogP contribution in [0, 0.1) is 5.92 Å². The monoisotopic (exact) mass is 280 g/mol. The van der Waals surface area contributed by atoms with Crippen molar-refractivity contribution < 1.29 is 9.47 Å². The maximum atomic E-state index is 5.95. The summed E-state index contributed by atoms with van der Waals surface area (Å²) in [5.74, 6) is 2.56. The van der Waals surface area contributed by atoms with Gasteiger partial charge in [0, 0.05) is 11.5 Å². The third kappa shape index (κ3) is 3.76. The molecule has 0 spiro atoms. The highest BCUT2D eigenvalue weighted by atomic mass is 16.5. The summed E-state index contributed by atoms with van der Waals surface area (Å²) in [6.45, 7) is 7.77. The van der Waals surface area contributed by atoms with Gasteiger partial charge in [-0.2, -0.15) is 0 Å². The van der Waals surface area contributed by atoms with E-state index in [-0.39, 0.29) is 5.92 Å². The zero-order valence-corrected chi connectivity index (χ0v) is 12.3. The molecular weight excluding hydrogens is 260 g/mol. The van der Waals surface area contributed by atoms with Crippen molar-refractivity contribution in [1.82, 2.24) is 0 Å². The van der Waals surface area contributed by atoms with Crippen molar-refractivity contribution in [2.75, 3.05) is 7.11 Å². The maximum Gasteiger partial charge on any atom is 0.130 e. The van der Waals surface area contributed by atoms with Gasteiger partial charge < -0.3 is 9.47 Å². The quantitative estimate of drug-likeness (QED) is 0.548. The molecule has 2 nitrogen and oxygen atoms in total. The van der Waals surface area contributed by atoms with E-state index in [0.29, 0.717) is 0 Å². The molecule has 21 heavy (non-hydrogen) atoms. The van der Waals surface area contributed by atoms with E-state index in [1.807, 2.05) is 36.4 Å². The standard InChI is InChI=1S/C19H20O2/c1-4-18(15-9-7-6-8-10-15)19(5-2)21-17-13-11-16(20-3)12-14-17/h4-9,11-15H,1-2,10H2,3H3. The van der Waals surface area contributed by atoms with Gasteiger partial charge in [0.25, 0.3) is 0 Å². The molecule has 1 aliphatic rings. The first-order chi connectivity index (χ1) is 10.3. The average molecular weight is 280 g/mol. The molecule has 0 fully saturated rings. The van der Waals surface area contributed by atoms with E-state index in [1.54, 1.807) is 13.2 Å². The highest BCUT2D eigenvalue weighted by Gasteiger charge is 2.14. The van der Waals surface area contributed by atoms with Crippen LogP contribution in [0.15, 0.2) is 85.2 Å². The molecule has 0 heterocycles. The van der Waals surface area contributed by atoms with Crippen molar-refractivity contribution in [2.45, 2.75) is 6.42 Å². The molecule has 0 N–H and O–H groups in total. The van der Waals surface area contributed by atoms with Crippen molar-refractivity contribution >= 4 is 0 Å². The lowest BCUT2D eigenvalue weighted by molar-refractivity contribution is 0.409. The van der Waals surface area contributed by atoms with E-state index in [4.69, 9.17) is 9.47 Å². The summed E-state index contributed by atoms with van der Waals surface area (Å²) in [4.78, 5) is 0. The van der Waals surface area contributed by atoms with Crippen LogP contribution in [0.1, 0.15) is 6.42 Å². The Morgan fingerprint density at radius 2 is 1.81 bits per heavy atom. The Morgan fingerprint density at radius 3 is 2.33 bits per heavy atom. The topological polar surface area (TPSA) is 18.5 Å². The van der Waals surface area contributed by atoms with Gasteiger partial charge in [0.1, 0.15) is 17.3 Å². The fourth-order valence-electron chi connectivity index (χ4n) is 2.24. The molecule has 0 saturated carbocycles. The SMILES string of the molecule is C=CC(Oc1ccc(OC)cc1)=C(C=C)C1C=CC=CC1. The van der Waals surface area contributed by atoms with E-state index >= 15 is 0 Å². The number of benzene rings is 1. The summed E-state index contributed by atoms with van der Waals surface area (Å²) in [6, 6.07) is 7.49. The van der Waals surface area contributed by atoms with E-state index < -0.39 is 0 Å². The first-order valence-corrected chi connectivity index (χ1v) is 6.92. The van der Waals surface area contributed by atoms with Crippen LogP contribution < -0.4 is 9.47 Å². The molecule has 0 radical (unpaired) electrons. The van der Waals surface area contributed by atoms with Crippen LogP contribution >= 0.6 is 0 Å². The number of ether oxygens (including phenoxy) is 2. The second kappa shape index (κ2) is 7.34. The third-order valence-electron chi connectivity index (χ3n) is 3.36. The fourth-order valence-corrected chi connectivity index (χ4v) is 2.24. The van der Waals surface area contributed by atoms with Gasteiger partial charge in [0.15, 0.2) is 0 Å². The largest absolute Gasteiger partial charge is 0.497 e. The molecule has 108 valence electrons. The Morgan fingerprint density at radius 1 is 1.10 bits per heavy atom. The van der Waals surface area contributed by atoms with Gasteiger partial charge in [-0.25, -0.2) is 0 Å². The Kier molecular flexibility index (Phi) is 5.22. The van der Waals surface area contributed by atoms with Crippen LogP contribution in [0.5, 0.6) is 11.5 Å². The molecule has 0 saturated heterocycles. The highest BCUT2D eigenvalue weighted by molar-refractivity contribution is 5.38. The van der Waals surface area contributed by atoms with Crippen molar-refractivity contribution in [3.05, 3.63) is 85.2 Å². The van der Waals surface area contributed by atoms with Gasteiger partial charge in [-0.05, 0) is 36.8 Å². The molecule has 2 rings (SSSR count). The Balaban J connectivity index is 2.24. The minimum atomic E-state index is 0.277. The number of methoxy groups -OCH3 is 1. The molecule has 1 atom stereocenters. The minimum absolute atomic E-state index is 0.277. The number of rotatable bonds is 6. The van der Waals surface area contributed by atoms with E-state index in [9.17, 15) is 0 Å². The van der Waals surface area contributed by atoms with Gasteiger partial charge in [0.05, 0.1) is 7.11 Å². The molecule has 1 unspecified atom stereocenters. The van der Waals surface area contributed by atoms with Gasteiger partial charge in [0.2, 0.25) is 0 Å². The summed E-state index contributed by atoms with van der Waals surface area (Å²) in [6.07, 6.45) is 12.9. The summed E-state index contributed by atoms with van der Waals surface area (Å²) >= 11 is 0. The predicted molar refractivity (Wildman–Crippen MR) is 87.4 cm³/mol. The summed E-state index contributed by atoms with van der Waals surface area (Å²) in [5.41, 5.74) is 1.04. The van der Waals surface area contributed by atoms with Crippen LogP contribution in [-0.2, 0) is 0 Å². The van der Waals surface area contributed by atoms with Crippen LogP contribution in [-0.4, -0.2) is 7.11 Å². The lowest BCUT2D eigenvalue weighted by Gasteiger charge is -2.18. The van der Waals surface area contributed by atoms with Crippen molar-refractivity contribution in [1.29, 1.82) is 0 Å². The molecule has 0 aliphatic heterocycles. The Hall–Kier alpha value is -2.48. The van der Waals surface area contributed by atoms with Crippen LogP contribution in [0.2, 0.25) is 0 Å². The van der Waals surface area contributed by atoms with Gasteiger partial charge in [-0.3, -0.25) is 0 Å². The first kappa shape index (κ1) is 14.9. The zero-order valence-electron chi connectivity index (χ0n) is 12.3. The summed E-state index contributed by atoms with van der Waals surface area (Å²) in [5, 5.41) is 0. The van der Waals surface area contributed by atoms with Crippen molar-refractivity contribution in [3.8, 4) is 11.5 Å². The maximum absolute atomic E-state index is 5.95. The van der Waals surface area contributed by atoms with Crippen LogP contribution in [0.3, 0.4) is 0 Å². The van der Waals surface area contributed by atoms with Gasteiger partial charge >= 0.3 is 0 Å². The van der Waals surface area contributed by atoms with E-state index in [2.05, 4.69) is 31.4 Å². The highest BCUT2D eigenvalue weighted by Crippen LogP contribution is 2.27. The molecule has 0 aromatic heterocycles. The predicted octanol–water partition coefficient (Wildman–Crippen LogP) is 4.83. The molecule has 2 heteroatoms. The first-order valence-electron chi connectivity index (χ1n) is 6.92. The molecule has 0 amide bonds. The van der Waals surface area contributed by atoms with Gasteiger partial charge in [-0.1, -0.05) is 43.5 Å². The van der Waals surface area contributed by atoms with Crippen molar-refractivity contribution in [2.24, 2.45) is 5.92 Å². The van der Waals surface area contributed by atoms with Crippen LogP contribution in [0.25, 0.3) is 0 Å². The smallest absolute Gasteiger partial charge is 0.130 e. The molecule has 1 aromatic rings. The third-order valence-corrected chi connectivity index (χ3v) is 3.36. The molecular formula is C19H20O2. The summed E-state index contributed by atoms with van der Waals surface area (Å²) in [7, 11) is 1.64. The van der Waals surface area contributed by atoms with Gasteiger partial charge in [-0.15, -0.1) is 0 Å². The number of allylic oxidation sites excluding steroid dienone is 7. The molecule has 1 aromatic carbocycles.